The van der Waals surface area contributed by atoms with E-state index in [0.717, 1.165) is 6.54 Å². The van der Waals surface area contributed by atoms with Gasteiger partial charge in [-0.3, -0.25) is 0 Å². The number of hydrogen-bond donors (Lipinski definition) is 3. The molecular formula is C10H19N3O3. The van der Waals surface area contributed by atoms with Gasteiger partial charge in [0.05, 0.1) is 18.8 Å². The summed E-state index contributed by atoms with van der Waals surface area (Å²) in [5.74, 6) is 0. The van der Waals surface area contributed by atoms with Crippen molar-refractivity contribution in [3.63, 3.8) is 0 Å². The van der Waals surface area contributed by atoms with Gasteiger partial charge in [-0.25, -0.2) is 4.79 Å². The number of hydrogen-bond acceptors (Lipinski definition) is 4. The molecule has 2 aliphatic rings. The molecule has 6 heteroatoms. The van der Waals surface area contributed by atoms with Crippen LogP contribution in [0.15, 0.2) is 0 Å². The number of carbonyl (C=O) groups is 1. The normalized spacial score (nSPS) is 30.4. The molecule has 0 aromatic heterocycles. The molecule has 6 nitrogen and oxygen atoms in total. The molecule has 3 N–H and O–H groups in total. The quantitative estimate of drug-likeness (QED) is 0.553. The Hall–Kier alpha value is -0.850. The fourth-order valence-corrected chi connectivity index (χ4v) is 2.00. The third-order valence-electron chi connectivity index (χ3n) is 3.09. The van der Waals surface area contributed by atoms with Gasteiger partial charge in [-0.05, 0) is 13.0 Å². The molecule has 2 aliphatic heterocycles. The van der Waals surface area contributed by atoms with Gasteiger partial charge in [-0.15, -0.1) is 0 Å². The largest absolute Gasteiger partial charge is 0.387 e. The molecule has 1 atom stereocenters. The molecule has 92 valence electrons. The van der Waals surface area contributed by atoms with E-state index in [1.165, 1.54) is 0 Å². The second-order valence-electron chi connectivity index (χ2n) is 4.41. The first-order chi connectivity index (χ1) is 7.70. The fourth-order valence-electron chi connectivity index (χ4n) is 2.00. The van der Waals surface area contributed by atoms with Gasteiger partial charge in [0.2, 0.25) is 0 Å². The van der Waals surface area contributed by atoms with Crippen LogP contribution in [0, 0.1) is 0 Å². The van der Waals surface area contributed by atoms with Crippen molar-refractivity contribution in [2.75, 3.05) is 45.9 Å². The molecule has 0 radical (unpaired) electrons. The maximum atomic E-state index is 11.7. The summed E-state index contributed by atoms with van der Waals surface area (Å²) in [5.41, 5.74) is -0.776. The lowest BCUT2D eigenvalue weighted by Gasteiger charge is -2.29. The summed E-state index contributed by atoms with van der Waals surface area (Å²) in [5, 5.41) is 15.9. The zero-order valence-electron chi connectivity index (χ0n) is 9.37. The van der Waals surface area contributed by atoms with Crippen molar-refractivity contribution < 1.29 is 14.6 Å². The highest BCUT2D eigenvalue weighted by Gasteiger charge is 2.31. The number of ether oxygens (including phenoxy) is 1. The van der Waals surface area contributed by atoms with Crippen LogP contribution in [0.1, 0.15) is 6.42 Å². The Bertz CT molecular complexity index is 248. The third-order valence-corrected chi connectivity index (χ3v) is 3.09. The summed E-state index contributed by atoms with van der Waals surface area (Å²) < 4.78 is 5.17. The molecule has 2 heterocycles. The molecule has 0 spiro atoms. The van der Waals surface area contributed by atoms with Crippen molar-refractivity contribution >= 4 is 6.03 Å². The van der Waals surface area contributed by atoms with Crippen molar-refractivity contribution in [3.05, 3.63) is 0 Å². The highest BCUT2D eigenvalue weighted by atomic mass is 16.5. The van der Waals surface area contributed by atoms with E-state index in [1.54, 1.807) is 4.90 Å². The minimum absolute atomic E-state index is 0.108. The van der Waals surface area contributed by atoms with Gasteiger partial charge in [-0.1, -0.05) is 0 Å². The van der Waals surface area contributed by atoms with Gasteiger partial charge >= 0.3 is 6.03 Å². The molecule has 2 rings (SSSR count). The average molecular weight is 229 g/mol. The zero-order chi connectivity index (χ0) is 11.4. The Morgan fingerprint density at radius 3 is 2.88 bits per heavy atom. The summed E-state index contributed by atoms with van der Waals surface area (Å²) in [6.07, 6.45) is 0.691. The fraction of sp³-hybridized carbons (Fsp3) is 0.900. The van der Waals surface area contributed by atoms with E-state index in [1.807, 2.05) is 0 Å². The Balaban J connectivity index is 1.74. The summed E-state index contributed by atoms with van der Waals surface area (Å²) in [7, 11) is 0. The van der Waals surface area contributed by atoms with Crippen LogP contribution in [0.25, 0.3) is 0 Å². The molecule has 0 bridgehead atoms. The SMILES string of the molecule is O=C(NCC1(O)CCNC1)N1CCOCC1. The number of morpholine rings is 1. The maximum absolute atomic E-state index is 11.7. The predicted octanol–water partition coefficient (Wildman–Crippen LogP) is -1.25. The van der Waals surface area contributed by atoms with E-state index >= 15 is 0 Å². The molecule has 0 saturated carbocycles. The first-order valence-corrected chi connectivity index (χ1v) is 5.73. The minimum Gasteiger partial charge on any atom is -0.387 e. The van der Waals surface area contributed by atoms with Crippen LogP contribution in [0.5, 0.6) is 0 Å². The Labute approximate surface area is 94.9 Å². The molecule has 0 aliphatic carbocycles. The summed E-state index contributed by atoms with van der Waals surface area (Å²) >= 11 is 0. The lowest BCUT2D eigenvalue weighted by Crippen LogP contribution is -2.51. The van der Waals surface area contributed by atoms with Crippen molar-refractivity contribution in [3.8, 4) is 0 Å². The molecule has 0 aromatic carbocycles. The van der Waals surface area contributed by atoms with E-state index in [0.29, 0.717) is 45.8 Å². The second-order valence-corrected chi connectivity index (χ2v) is 4.41. The summed E-state index contributed by atoms with van der Waals surface area (Å²) in [6, 6.07) is -0.108. The maximum Gasteiger partial charge on any atom is 0.317 e. The average Bonchev–Trinajstić information content (AvgIpc) is 2.75. The second kappa shape index (κ2) is 4.99. The van der Waals surface area contributed by atoms with Crippen LogP contribution in [0.3, 0.4) is 0 Å². The number of urea groups is 1. The van der Waals surface area contributed by atoms with E-state index < -0.39 is 5.60 Å². The van der Waals surface area contributed by atoms with Gasteiger partial charge in [0, 0.05) is 26.2 Å². The lowest BCUT2D eigenvalue weighted by atomic mass is 10.0. The monoisotopic (exact) mass is 229 g/mol. The minimum atomic E-state index is -0.776. The van der Waals surface area contributed by atoms with Gasteiger partial charge in [-0.2, -0.15) is 0 Å². The molecule has 2 saturated heterocycles. The van der Waals surface area contributed by atoms with Crippen LogP contribution in [0.4, 0.5) is 4.79 Å². The number of amides is 2. The number of rotatable bonds is 2. The number of aliphatic hydroxyl groups is 1. The van der Waals surface area contributed by atoms with Crippen LogP contribution >= 0.6 is 0 Å². The smallest absolute Gasteiger partial charge is 0.317 e. The van der Waals surface area contributed by atoms with Crippen molar-refractivity contribution in [1.82, 2.24) is 15.5 Å². The molecule has 16 heavy (non-hydrogen) atoms. The summed E-state index contributed by atoms with van der Waals surface area (Å²) in [6.45, 7) is 4.13. The molecule has 2 amide bonds. The van der Waals surface area contributed by atoms with Crippen molar-refractivity contribution in [2.45, 2.75) is 12.0 Å². The first-order valence-electron chi connectivity index (χ1n) is 5.73. The van der Waals surface area contributed by atoms with Crippen molar-refractivity contribution in [2.24, 2.45) is 0 Å². The van der Waals surface area contributed by atoms with E-state index in [2.05, 4.69) is 10.6 Å². The standard InChI is InChI=1S/C10H19N3O3/c14-9(13-3-5-16-6-4-13)12-8-10(15)1-2-11-7-10/h11,15H,1-8H2,(H,12,14). The zero-order valence-corrected chi connectivity index (χ0v) is 9.37. The van der Waals surface area contributed by atoms with Gasteiger partial charge < -0.3 is 25.4 Å². The highest BCUT2D eigenvalue weighted by molar-refractivity contribution is 5.74. The van der Waals surface area contributed by atoms with E-state index in [9.17, 15) is 9.90 Å². The molecule has 2 fully saturated rings. The van der Waals surface area contributed by atoms with Crippen LogP contribution in [-0.4, -0.2) is 67.6 Å². The Kier molecular flexibility index (Phi) is 3.63. The van der Waals surface area contributed by atoms with Gasteiger partial charge in [0.25, 0.3) is 0 Å². The molecular weight excluding hydrogens is 210 g/mol. The number of carbonyl (C=O) groups excluding carboxylic acids is 1. The number of β-amino-alcohol motifs (C(OH)–C–C–N with tert-alkyl or cyclic N) is 1. The predicted molar refractivity (Wildman–Crippen MR) is 58.2 cm³/mol. The number of nitrogens with one attached hydrogen (secondary N) is 2. The van der Waals surface area contributed by atoms with Gasteiger partial charge in [0.15, 0.2) is 0 Å². The van der Waals surface area contributed by atoms with Crippen LogP contribution < -0.4 is 10.6 Å². The first kappa shape index (κ1) is 11.6. The molecule has 1 unspecified atom stereocenters. The van der Waals surface area contributed by atoms with Crippen LogP contribution in [-0.2, 0) is 4.74 Å². The van der Waals surface area contributed by atoms with E-state index in [-0.39, 0.29) is 6.03 Å². The highest BCUT2D eigenvalue weighted by Crippen LogP contribution is 2.12. The number of nitrogens with zero attached hydrogens (tertiary/aromatic N) is 1. The third kappa shape index (κ3) is 2.84. The van der Waals surface area contributed by atoms with Gasteiger partial charge in [0.1, 0.15) is 0 Å². The Morgan fingerprint density at radius 2 is 2.25 bits per heavy atom. The van der Waals surface area contributed by atoms with E-state index in [4.69, 9.17) is 4.74 Å². The molecule has 0 aromatic rings. The van der Waals surface area contributed by atoms with Crippen molar-refractivity contribution in [1.29, 1.82) is 0 Å². The summed E-state index contributed by atoms with van der Waals surface area (Å²) in [4.78, 5) is 13.4. The topological polar surface area (TPSA) is 73.8 Å². The van der Waals surface area contributed by atoms with Crippen LogP contribution in [0.2, 0.25) is 0 Å². The lowest BCUT2D eigenvalue weighted by molar-refractivity contribution is 0.0440. The Morgan fingerprint density at radius 1 is 1.50 bits per heavy atom.